The normalized spacial score (nSPS) is 10.5. The Balaban J connectivity index is 1.55. The minimum atomic E-state index is -0.486. The lowest BCUT2D eigenvalue weighted by atomic mass is 10.1. The van der Waals surface area contributed by atoms with Gasteiger partial charge in [-0.3, -0.25) is 0 Å². The summed E-state index contributed by atoms with van der Waals surface area (Å²) in [7, 11) is 0. The van der Waals surface area contributed by atoms with E-state index in [1.807, 2.05) is 19.1 Å². The van der Waals surface area contributed by atoms with Gasteiger partial charge >= 0.3 is 6.09 Å². The van der Waals surface area contributed by atoms with Gasteiger partial charge in [0, 0.05) is 23.3 Å². The molecule has 3 heterocycles. The van der Waals surface area contributed by atoms with Crippen LogP contribution in [0.15, 0.2) is 48.9 Å². The molecule has 0 atom stereocenters. The van der Waals surface area contributed by atoms with Gasteiger partial charge in [0.2, 0.25) is 5.28 Å². The number of carbonyl (C=O) groups excluding carboxylic acids is 1. The second-order valence-electron chi connectivity index (χ2n) is 6.52. The maximum absolute atomic E-state index is 12.2. The molecule has 154 valence electrons. The number of nitrogens with zero attached hydrogens (tertiary/aromatic N) is 6. The summed E-state index contributed by atoms with van der Waals surface area (Å²) >= 11 is 5.83. The van der Waals surface area contributed by atoms with Crippen LogP contribution >= 0.6 is 11.6 Å². The maximum atomic E-state index is 12.2. The second kappa shape index (κ2) is 9.32. The van der Waals surface area contributed by atoms with Crippen molar-refractivity contribution >= 4 is 28.6 Å². The van der Waals surface area contributed by atoms with Crippen LogP contribution in [0.3, 0.4) is 0 Å². The minimum Gasteiger partial charge on any atom is -0.448 e. The summed E-state index contributed by atoms with van der Waals surface area (Å²) in [4.78, 5) is 28.8. The number of hydrogen-bond donors (Lipinski definition) is 0. The zero-order valence-corrected chi connectivity index (χ0v) is 17.4. The van der Waals surface area contributed by atoms with Crippen LogP contribution in [0.5, 0.6) is 0 Å². The molecular formula is C22H17ClN6O2. The SMILES string of the molecule is CCCCOC(=O)n1ncc2cc(C#Cc3ccnc(-c4ccnc(Cl)n4)n3)ccc21. The molecule has 9 heteroatoms. The highest BCUT2D eigenvalue weighted by Crippen LogP contribution is 2.16. The predicted molar refractivity (Wildman–Crippen MR) is 115 cm³/mol. The van der Waals surface area contributed by atoms with Crippen molar-refractivity contribution in [1.82, 2.24) is 29.7 Å². The molecular weight excluding hydrogens is 416 g/mol. The van der Waals surface area contributed by atoms with Crippen molar-refractivity contribution in [1.29, 1.82) is 0 Å². The maximum Gasteiger partial charge on any atom is 0.435 e. The molecule has 8 nitrogen and oxygen atoms in total. The number of aromatic nitrogens is 6. The molecule has 4 aromatic rings. The third kappa shape index (κ3) is 4.85. The lowest BCUT2D eigenvalue weighted by Gasteiger charge is -2.04. The number of halogens is 1. The number of unbranched alkanes of at least 4 members (excludes halogenated alkanes) is 1. The van der Waals surface area contributed by atoms with Crippen LogP contribution in [0.4, 0.5) is 4.79 Å². The highest BCUT2D eigenvalue weighted by Gasteiger charge is 2.11. The first-order valence-corrected chi connectivity index (χ1v) is 10.0. The highest BCUT2D eigenvalue weighted by atomic mass is 35.5. The number of fused-ring (bicyclic) bond motifs is 1. The summed E-state index contributed by atoms with van der Waals surface area (Å²) in [5.74, 6) is 6.50. The molecule has 0 fully saturated rings. The number of hydrogen-bond acceptors (Lipinski definition) is 7. The first-order valence-electron chi connectivity index (χ1n) is 9.63. The summed E-state index contributed by atoms with van der Waals surface area (Å²) in [5, 5.41) is 5.05. The second-order valence-corrected chi connectivity index (χ2v) is 6.86. The number of benzene rings is 1. The van der Waals surface area contributed by atoms with Gasteiger partial charge in [0.25, 0.3) is 0 Å². The van der Waals surface area contributed by atoms with E-state index in [-0.39, 0.29) is 5.28 Å². The topological polar surface area (TPSA) is 95.7 Å². The summed E-state index contributed by atoms with van der Waals surface area (Å²) in [6.07, 6.45) is 6.06. The average molecular weight is 433 g/mol. The van der Waals surface area contributed by atoms with E-state index in [0.717, 1.165) is 23.8 Å². The monoisotopic (exact) mass is 432 g/mol. The van der Waals surface area contributed by atoms with Crippen LogP contribution in [-0.2, 0) is 4.74 Å². The first-order chi connectivity index (χ1) is 15.1. The molecule has 3 aromatic heterocycles. The van der Waals surface area contributed by atoms with Crippen LogP contribution in [0.1, 0.15) is 31.0 Å². The van der Waals surface area contributed by atoms with Crippen molar-refractivity contribution < 1.29 is 9.53 Å². The van der Waals surface area contributed by atoms with E-state index in [4.69, 9.17) is 16.3 Å². The smallest absolute Gasteiger partial charge is 0.435 e. The largest absolute Gasteiger partial charge is 0.448 e. The van der Waals surface area contributed by atoms with E-state index in [0.29, 0.717) is 29.3 Å². The van der Waals surface area contributed by atoms with Crippen LogP contribution in [-0.4, -0.2) is 42.4 Å². The molecule has 0 amide bonds. The fourth-order valence-corrected chi connectivity index (χ4v) is 2.92. The van der Waals surface area contributed by atoms with Crippen LogP contribution in [0, 0.1) is 11.8 Å². The quantitative estimate of drug-likeness (QED) is 0.272. The number of ether oxygens (including phenoxy) is 1. The van der Waals surface area contributed by atoms with Gasteiger partial charge in [-0.2, -0.15) is 9.78 Å². The predicted octanol–water partition coefficient (Wildman–Crippen LogP) is 4.12. The lowest BCUT2D eigenvalue weighted by Crippen LogP contribution is -2.15. The zero-order chi connectivity index (χ0) is 21.6. The molecule has 0 spiro atoms. The molecule has 0 saturated carbocycles. The molecule has 0 N–H and O–H groups in total. The van der Waals surface area contributed by atoms with Crippen LogP contribution < -0.4 is 0 Å². The van der Waals surface area contributed by atoms with Gasteiger partial charge < -0.3 is 4.74 Å². The average Bonchev–Trinajstić information content (AvgIpc) is 3.21. The van der Waals surface area contributed by atoms with Crippen molar-refractivity contribution in [2.24, 2.45) is 0 Å². The van der Waals surface area contributed by atoms with E-state index >= 15 is 0 Å². The Labute approximate surface area is 183 Å². The molecule has 0 aliphatic rings. The summed E-state index contributed by atoms with van der Waals surface area (Å²) in [6, 6.07) is 8.86. The molecule has 1 aromatic carbocycles. The van der Waals surface area contributed by atoms with Gasteiger partial charge in [-0.25, -0.2) is 24.7 Å². The molecule has 31 heavy (non-hydrogen) atoms. The number of carbonyl (C=O) groups is 1. The van der Waals surface area contributed by atoms with E-state index in [2.05, 4.69) is 36.9 Å². The Kier molecular flexibility index (Phi) is 6.15. The van der Waals surface area contributed by atoms with E-state index in [1.54, 1.807) is 36.8 Å². The van der Waals surface area contributed by atoms with Gasteiger partial charge in [0.05, 0.1) is 18.3 Å². The summed E-state index contributed by atoms with van der Waals surface area (Å²) < 4.78 is 6.48. The Morgan fingerprint density at radius 1 is 1.13 bits per heavy atom. The van der Waals surface area contributed by atoms with Crippen LogP contribution in [0.2, 0.25) is 5.28 Å². The summed E-state index contributed by atoms with van der Waals surface area (Å²) in [6.45, 7) is 2.41. The third-order valence-corrected chi connectivity index (χ3v) is 4.49. The van der Waals surface area contributed by atoms with Gasteiger partial charge in [-0.15, -0.1) is 0 Å². The fraction of sp³-hybridized carbons (Fsp3) is 0.182. The van der Waals surface area contributed by atoms with Crippen molar-refractivity contribution in [3.63, 3.8) is 0 Å². The molecule has 0 unspecified atom stereocenters. The Morgan fingerprint density at radius 3 is 2.84 bits per heavy atom. The standard InChI is InChI=1S/C22H17ClN6O2/c1-2-3-12-31-22(30)29-19-7-5-15(13-16(19)14-26-29)4-6-17-8-10-24-20(27-17)18-9-11-25-21(23)28-18/h5,7-11,13-14H,2-3,12H2,1H3. The first kappa shape index (κ1) is 20.4. The van der Waals surface area contributed by atoms with E-state index < -0.39 is 6.09 Å². The van der Waals surface area contributed by atoms with Crippen molar-refractivity contribution in [3.8, 4) is 23.4 Å². The highest BCUT2D eigenvalue weighted by molar-refractivity contribution is 6.28. The third-order valence-electron chi connectivity index (χ3n) is 4.31. The Bertz CT molecular complexity index is 1310. The van der Waals surface area contributed by atoms with E-state index in [1.165, 1.54) is 4.68 Å². The molecule has 0 saturated heterocycles. The molecule has 0 radical (unpaired) electrons. The fourth-order valence-electron chi connectivity index (χ4n) is 2.77. The molecule has 0 aliphatic heterocycles. The van der Waals surface area contributed by atoms with Crippen LogP contribution in [0.25, 0.3) is 22.4 Å². The van der Waals surface area contributed by atoms with Crippen molar-refractivity contribution in [2.75, 3.05) is 6.61 Å². The van der Waals surface area contributed by atoms with Gasteiger partial charge in [0.15, 0.2) is 5.82 Å². The van der Waals surface area contributed by atoms with Crippen molar-refractivity contribution in [3.05, 3.63) is 65.5 Å². The van der Waals surface area contributed by atoms with Crippen molar-refractivity contribution in [2.45, 2.75) is 19.8 Å². The Morgan fingerprint density at radius 2 is 2.00 bits per heavy atom. The van der Waals surface area contributed by atoms with Gasteiger partial charge in [0.1, 0.15) is 11.4 Å². The molecule has 4 rings (SSSR count). The van der Waals surface area contributed by atoms with Gasteiger partial charge in [-0.1, -0.05) is 19.3 Å². The summed E-state index contributed by atoms with van der Waals surface area (Å²) in [5.41, 5.74) is 2.48. The zero-order valence-electron chi connectivity index (χ0n) is 16.6. The molecule has 0 aliphatic carbocycles. The van der Waals surface area contributed by atoms with E-state index in [9.17, 15) is 4.79 Å². The van der Waals surface area contributed by atoms with Gasteiger partial charge in [-0.05, 0) is 54.3 Å². The lowest BCUT2D eigenvalue weighted by molar-refractivity contribution is 0.144. The number of rotatable bonds is 4. The minimum absolute atomic E-state index is 0.126. The Hall–Kier alpha value is -3.83. The molecule has 0 bridgehead atoms.